The molecule has 1 saturated heterocycles. The molecule has 1 fully saturated rings. The predicted octanol–water partition coefficient (Wildman–Crippen LogP) is 1.25. The molecule has 12 heteroatoms. The molecule has 0 unspecified atom stereocenters. The van der Waals surface area contributed by atoms with Gasteiger partial charge in [0.25, 0.3) is 0 Å². The van der Waals surface area contributed by atoms with Crippen LogP contribution >= 0.6 is 11.3 Å². The molecule has 3 heterocycles. The molecule has 2 aromatic rings. The molecule has 0 amide bonds. The molecular weight excluding hydrogens is 416 g/mol. The highest BCUT2D eigenvalue weighted by Crippen LogP contribution is 2.23. The number of carbonyl (C=O) groups excluding carboxylic acids is 1. The first kappa shape index (κ1) is 21.4. The van der Waals surface area contributed by atoms with Crippen LogP contribution in [-0.2, 0) is 21.3 Å². The summed E-state index contributed by atoms with van der Waals surface area (Å²) in [7, 11) is 0.904. The Morgan fingerprint density at radius 1 is 1.24 bits per heavy atom. The molecule has 1 N–H and O–H groups in total. The number of anilines is 2. The molecule has 1 aliphatic rings. The topological polar surface area (TPSA) is 118 Å². The van der Waals surface area contributed by atoms with Gasteiger partial charge in [-0.15, -0.1) is 11.3 Å². The summed E-state index contributed by atoms with van der Waals surface area (Å²) in [5, 5.41) is 1.53. The Labute approximate surface area is 174 Å². The Kier molecular flexibility index (Phi) is 6.65. The van der Waals surface area contributed by atoms with Crippen LogP contribution in [0.15, 0.2) is 16.3 Å². The van der Waals surface area contributed by atoms with Crippen LogP contribution in [-0.4, -0.2) is 63.6 Å². The second-order valence-corrected chi connectivity index (χ2v) is 9.38. The molecule has 158 valence electrons. The Morgan fingerprint density at radius 2 is 1.97 bits per heavy atom. The van der Waals surface area contributed by atoms with Gasteiger partial charge in [-0.3, -0.25) is 0 Å². The molecule has 0 saturated carbocycles. The third-order valence-electron chi connectivity index (χ3n) is 4.41. The fraction of sp³-hybridized carbons (Fsp3) is 0.529. The summed E-state index contributed by atoms with van der Waals surface area (Å²) in [6, 6.07) is 1.37. The van der Waals surface area contributed by atoms with Crippen LogP contribution in [0.3, 0.4) is 0 Å². The first-order chi connectivity index (χ1) is 13.8. The lowest BCUT2D eigenvalue weighted by Gasteiger charge is -2.27. The fourth-order valence-corrected chi connectivity index (χ4v) is 5.21. The average Bonchev–Trinajstić information content (AvgIpc) is 3.23. The second kappa shape index (κ2) is 9.01. The quantitative estimate of drug-likeness (QED) is 0.635. The molecule has 0 spiro atoms. The number of rotatable bonds is 7. The number of hydrogen-bond acceptors (Lipinski definition) is 10. The molecular formula is C17H24N6O4S2. The Hall–Kier alpha value is -2.31. The number of hydrogen-bond donors (Lipinski definition) is 1. The average molecular weight is 441 g/mol. The highest BCUT2D eigenvalue weighted by molar-refractivity contribution is 7.89. The van der Waals surface area contributed by atoms with Gasteiger partial charge in [-0.25, -0.2) is 17.9 Å². The zero-order valence-corrected chi connectivity index (χ0v) is 18.2. The zero-order valence-electron chi connectivity index (χ0n) is 16.6. The van der Waals surface area contributed by atoms with Crippen LogP contribution in [0.4, 0.5) is 11.9 Å². The summed E-state index contributed by atoms with van der Waals surface area (Å²) in [5.74, 6) is 0.620. The minimum atomic E-state index is -3.94. The summed E-state index contributed by atoms with van der Waals surface area (Å²) in [4.78, 5) is 28.9. The minimum absolute atomic E-state index is 0.0265. The van der Waals surface area contributed by atoms with Crippen LogP contribution in [0.1, 0.15) is 34.8 Å². The molecule has 10 nitrogen and oxygen atoms in total. The molecule has 3 rings (SSSR count). The monoisotopic (exact) mass is 440 g/mol. The van der Waals surface area contributed by atoms with Gasteiger partial charge in [-0.05, 0) is 30.7 Å². The van der Waals surface area contributed by atoms with Gasteiger partial charge >= 0.3 is 5.97 Å². The maximum atomic E-state index is 12.7. The number of ether oxygens (including phenoxy) is 1. The summed E-state index contributed by atoms with van der Waals surface area (Å²) < 4.78 is 32.5. The number of nitrogens with one attached hydrogen (secondary N) is 1. The largest absolute Gasteiger partial charge is 0.465 e. The fourth-order valence-electron chi connectivity index (χ4n) is 2.90. The second-order valence-electron chi connectivity index (χ2n) is 6.72. The summed E-state index contributed by atoms with van der Waals surface area (Å²) >= 11 is 1.01. The number of nitrogens with zero attached hydrogens (tertiary/aromatic N) is 5. The van der Waals surface area contributed by atoms with E-state index in [2.05, 4.69) is 29.3 Å². The predicted molar refractivity (Wildman–Crippen MR) is 110 cm³/mol. The molecule has 0 bridgehead atoms. The van der Waals surface area contributed by atoms with Gasteiger partial charge in [0.2, 0.25) is 21.9 Å². The highest BCUT2D eigenvalue weighted by atomic mass is 32.2. The lowest BCUT2D eigenvalue weighted by atomic mass is 10.1. The summed E-state index contributed by atoms with van der Waals surface area (Å²) in [6.07, 6.45) is 3.32. The van der Waals surface area contributed by atoms with E-state index in [-0.39, 0.29) is 16.3 Å². The van der Waals surface area contributed by atoms with Crippen molar-refractivity contribution in [3.05, 3.63) is 22.1 Å². The van der Waals surface area contributed by atoms with Gasteiger partial charge in [0.15, 0.2) is 5.82 Å². The number of carbonyl (C=O) groups is 1. The molecule has 29 heavy (non-hydrogen) atoms. The molecule has 1 aliphatic heterocycles. The van der Waals surface area contributed by atoms with E-state index in [9.17, 15) is 13.2 Å². The Morgan fingerprint density at radius 3 is 2.62 bits per heavy atom. The summed E-state index contributed by atoms with van der Waals surface area (Å²) in [6.45, 7) is 1.60. The van der Waals surface area contributed by atoms with E-state index in [0.29, 0.717) is 17.7 Å². The SMILES string of the molecule is COC(=O)c1sccc1S(=O)(=O)NCc1nc(N(C)C)nc(N2CCCCC2)n1. The number of thiophene rings is 1. The molecule has 0 aromatic carbocycles. The van der Waals surface area contributed by atoms with E-state index in [0.717, 1.165) is 37.3 Å². The maximum absolute atomic E-state index is 12.7. The highest BCUT2D eigenvalue weighted by Gasteiger charge is 2.25. The lowest BCUT2D eigenvalue weighted by molar-refractivity contribution is 0.0602. The van der Waals surface area contributed by atoms with Crippen molar-refractivity contribution >= 4 is 39.2 Å². The van der Waals surface area contributed by atoms with Gasteiger partial charge in [0.1, 0.15) is 9.77 Å². The van der Waals surface area contributed by atoms with Crippen molar-refractivity contribution in [2.75, 3.05) is 44.1 Å². The smallest absolute Gasteiger partial charge is 0.349 e. The molecule has 0 radical (unpaired) electrons. The van der Waals surface area contributed by atoms with Gasteiger partial charge in [-0.2, -0.15) is 15.0 Å². The third kappa shape index (κ3) is 5.00. The normalized spacial score (nSPS) is 14.7. The van der Waals surface area contributed by atoms with E-state index in [1.54, 1.807) is 4.90 Å². The van der Waals surface area contributed by atoms with Gasteiger partial charge in [-0.1, -0.05) is 0 Å². The van der Waals surface area contributed by atoms with Crippen molar-refractivity contribution in [1.29, 1.82) is 0 Å². The number of methoxy groups -OCH3 is 1. The van der Waals surface area contributed by atoms with Crippen molar-refractivity contribution in [3.63, 3.8) is 0 Å². The number of piperidine rings is 1. The third-order valence-corrected chi connectivity index (χ3v) is 6.87. The number of esters is 1. The van der Waals surface area contributed by atoms with E-state index >= 15 is 0 Å². The maximum Gasteiger partial charge on any atom is 0.349 e. The van der Waals surface area contributed by atoms with Crippen LogP contribution in [0.5, 0.6) is 0 Å². The summed E-state index contributed by atoms with van der Waals surface area (Å²) in [5.41, 5.74) is 0. The molecule has 2 aromatic heterocycles. The van der Waals surface area contributed by atoms with Crippen LogP contribution < -0.4 is 14.5 Å². The van der Waals surface area contributed by atoms with Crippen LogP contribution in [0.2, 0.25) is 0 Å². The van der Waals surface area contributed by atoms with Crippen molar-refractivity contribution in [1.82, 2.24) is 19.7 Å². The first-order valence-corrected chi connectivity index (χ1v) is 11.5. The van der Waals surface area contributed by atoms with E-state index in [4.69, 9.17) is 0 Å². The number of sulfonamides is 1. The van der Waals surface area contributed by atoms with Crippen molar-refractivity contribution in [3.8, 4) is 0 Å². The van der Waals surface area contributed by atoms with Crippen molar-refractivity contribution in [2.24, 2.45) is 0 Å². The van der Waals surface area contributed by atoms with Crippen molar-refractivity contribution in [2.45, 2.75) is 30.7 Å². The first-order valence-electron chi connectivity index (χ1n) is 9.14. The van der Waals surface area contributed by atoms with E-state index in [1.165, 1.54) is 25.0 Å². The van der Waals surface area contributed by atoms with Gasteiger partial charge in [0, 0.05) is 27.2 Å². The lowest BCUT2D eigenvalue weighted by Crippen LogP contribution is -2.33. The van der Waals surface area contributed by atoms with Gasteiger partial charge < -0.3 is 14.5 Å². The van der Waals surface area contributed by atoms with E-state index in [1.807, 2.05) is 14.1 Å². The van der Waals surface area contributed by atoms with Crippen LogP contribution in [0.25, 0.3) is 0 Å². The standard InChI is InChI=1S/C17H24N6O4S2/c1-22(2)16-19-13(20-17(21-16)23-8-5-4-6-9-23)11-18-29(25,26)12-7-10-28-14(12)15(24)27-3/h7,10,18H,4-6,8-9,11H2,1-3H3. The Balaban J connectivity index is 1.83. The van der Waals surface area contributed by atoms with Crippen LogP contribution in [0, 0.1) is 0 Å². The Bertz CT molecular complexity index is 970. The van der Waals surface area contributed by atoms with Crippen molar-refractivity contribution < 1.29 is 17.9 Å². The number of aromatic nitrogens is 3. The van der Waals surface area contributed by atoms with Gasteiger partial charge in [0.05, 0.1) is 13.7 Å². The minimum Gasteiger partial charge on any atom is -0.465 e. The molecule has 0 atom stereocenters. The van der Waals surface area contributed by atoms with E-state index < -0.39 is 16.0 Å². The zero-order chi connectivity index (χ0) is 21.0. The molecule has 0 aliphatic carbocycles.